The van der Waals surface area contributed by atoms with E-state index in [2.05, 4.69) is 5.32 Å². The van der Waals surface area contributed by atoms with Crippen LogP contribution < -0.4 is 10.1 Å². The number of ether oxygens (including phenoxy) is 1. The number of carbonyl (C=O) groups excluding carboxylic acids is 1. The summed E-state index contributed by atoms with van der Waals surface area (Å²) in [7, 11) is 0. The molecule has 3 rings (SSSR count). The van der Waals surface area contributed by atoms with Gasteiger partial charge in [-0.3, -0.25) is 4.79 Å². The van der Waals surface area contributed by atoms with Crippen LogP contribution in [-0.4, -0.2) is 5.91 Å². The summed E-state index contributed by atoms with van der Waals surface area (Å²) in [5.74, 6) is -1.06. The molecule has 1 N–H and O–H groups in total. The van der Waals surface area contributed by atoms with Crippen molar-refractivity contribution in [3.05, 3.63) is 101 Å². The van der Waals surface area contributed by atoms with Crippen LogP contribution in [0.1, 0.15) is 11.1 Å². The van der Waals surface area contributed by atoms with E-state index in [9.17, 15) is 18.8 Å². The smallest absolute Gasteiger partial charge is 0.266 e. The topological polar surface area (TPSA) is 62.1 Å². The third-order valence-electron chi connectivity index (χ3n) is 3.97. The van der Waals surface area contributed by atoms with Gasteiger partial charge in [-0.1, -0.05) is 36.4 Å². The van der Waals surface area contributed by atoms with Crippen molar-refractivity contribution in [2.45, 2.75) is 6.61 Å². The van der Waals surface area contributed by atoms with E-state index < -0.39 is 11.7 Å². The maximum Gasteiger partial charge on any atom is 0.266 e. The minimum absolute atomic E-state index is 0.000235. The number of para-hydroxylation sites is 1. The first-order valence-corrected chi connectivity index (χ1v) is 8.70. The van der Waals surface area contributed by atoms with Gasteiger partial charge >= 0.3 is 0 Å². The van der Waals surface area contributed by atoms with Crippen molar-refractivity contribution in [1.29, 1.82) is 5.26 Å². The first-order valence-electron chi connectivity index (χ1n) is 8.70. The number of nitrogens with one attached hydrogen (secondary N) is 1. The third kappa shape index (κ3) is 5.50. The molecule has 3 aromatic rings. The number of hydrogen-bond acceptors (Lipinski definition) is 3. The molecule has 0 saturated heterocycles. The van der Waals surface area contributed by atoms with Crippen molar-refractivity contribution < 1.29 is 18.3 Å². The molecule has 0 saturated carbocycles. The molecular weight excluding hydrogens is 374 g/mol. The lowest BCUT2D eigenvalue weighted by Gasteiger charge is -2.07. The van der Waals surface area contributed by atoms with E-state index in [1.54, 1.807) is 42.5 Å². The van der Waals surface area contributed by atoms with Crippen molar-refractivity contribution in [2.24, 2.45) is 0 Å². The summed E-state index contributed by atoms with van der Waals surface area (Å²) in [6.07, 6.45) is 1.40. The van der Waals surface area contributed by atoms with Crippen molar-refractivity contribution >= 4 is 17.7 Å². The Kier molecular flexibility index (Phi) is 6.33. The number of carbonyl (C=O) groups is 1. The second-order valence-electron chi connectivity index (χ2n) is 6.09. The zero-order valence-electron chi connectivity index (χ0n) is 15.2. The molecule has 0 aliphatic rings. The monoisotopic (exact) mass is 390 g/mol. The summed E-state index contributed by atoms with van der Waals surface area (Å²) >= 11 is 0. The molecular formula is C23H16F2N2O2. The fraction of sp³-hybridized carbons (Fsp3) is 0.0435. The maximum atomic E-state index is 13.7. The van der Waals surface area contributed by atoms with Gasteiger partial charge in [0, 0.05) is 0 Å². The van der Waals surface area contributed by atoms with Crippen molar-refractivity contribution in [3.63, 3.8) is 0 Å². The highest BCUT2D eigenvalue weighted by Crippen LogP contribution is 2.18. The van der Waals surface area contributed by atoms with Crippen LogP contribution in [0.5, 0.6) is 5.75 Å². The van der Waals surface area contributed by atoms with Gasteiger partial charge in [-0.15, -0.1) is 0 Å². The predicted octanol–water partition coefficient (Wildman–Crippen LogP) is 5.09. The summed E-state index contributed by atoms with van der Waals surface area (Å²) in [5.41, 5.74) is 1.13. The number of rotatable bonds is 6. The Balaban J connectivity index is 1.66. The van der Waals surface area contributed by atoms with E-state index in [0.717, 1.165) is 0 Å². The van der Waals surface area contributed by atoms with E-state index in [1.165, 1.54) is 36.4 Å². The van der Waals surface area contributed by atoms with Gasteiger partial charge < -0.3 is 10.1 Å². The maximum absolute atomic E-state index is 13.7. The number of anilines is 1. The van der Waals surface area contributed by atoms with Gasteiger partial charge in [0.25, 0.3) is 5.91 Å². The second-order valence-corrected chi connectivity index (χ2v) is 6.09. The van der Waals surface area contributed by atoms with E-state index in [1.807, 2.05) is 6.07 Å². The lowest BCUT2D eigenvalue weighted by molar-refractivity contribution is -0.112. The van der Waals surface area contributed by atoms with E-state index >= 15 is 0 Å². The standard InChI is InChI=1S/C23H16F2N2O2/c24-19-5-3-4-17(13-19)15-29-20-10-8-16(9-11-20)12-18(14-26)23(28)27-22-7-2-1-6-21(22)25/h1-13H,15H2,(H,27,28)/b18-12+. The lowest BCUT2D eigenvalue weighted by atomic mass is 10.1. The number of nitrogens with zero attached hydrogens (tertiary/aromatic N) is 1. The first kappa shape index (κ1) is 19.8. The van der Waals surface area contributed by atoms with Crippen LogP contribution in [0.2, 0.25) is 0 Å². The molecule has 0 radical (unpaired) electrons. The van der Waals surface area contributed by atoms with Gasteiger partial charge in [0.05, 0.1) is 5.69 Å². The molecule has 0 atom stereocenters. The minimum Gasteiger partial charge on any atom is -0.489 e. The van der Waals surface area contributed by atoms with Gasteiger partial charge in [-0.05, 0) is 53.6 Å². The fourth-order valence-corrected chi connectivity index (χ4v) is 2.52. The third-order valence-corrected chi connectivity index (χ3v) is 3.97. The normalized spacial score (nSPS) is 10.9. The molecule has 0 aromatic heterocycles. The first-order chi connectivity index (χ1) is 14.0. The predicted molar refractivity (Wildman–Crippen MR) is 106 cm³/mol. The van der Waals surface area contributed by atoms with Crippen LogP contribution in [0.4, 0.5) is 14.5 Å². The van der Waals surface area contributed by atoms with Crippen LogP contribution in [0.15, 0.2) is 78.4 Å². The Labute approximate surface area is 166 Å². The number of benzene rings is 3. The van der Waals surface area contributed by atoms with Gasteiger partial charge in [0.2, 0.25) is 0 Å². The molecule has 0 heterocycles. The quantitative estimate of drug-likeness (QED) is 0.471. The Morgan fingerprint density at radius 3 is 2.48 bits per heavy atom. The van der Waals surface area contributed by atoms with E-state index in [4.69, 9.17) is 4.74 Å². The molecule has 0 fully saturated rings. The van der Waals surface area contributed by atoms with Crippen LogP contribution in [0.25, 0.3) is 6.08 Å². The summed E-state index contributed by atoms with van der Waals surface area (Å²) in [6.45, 7) is 0.210. The van der Waals surface area contributed by atoms with Gasteiger partial charge in [-0.25, -0.2) is 8.78 Å². The summed E-state index contributed by atoms with van der Waals surface area (Å²) in [5, 5.41) is 11.6. The molecule has 0 unspecified atom stereocenters. The average molecular weight is 390 g/mol. The SMILES string of the molecule is N#C/C(=C\c1ccc(OCc2cccc(F)c2)cc1)C(=O)Nc1ccccc1F. The largest absolute Gasteiger partial charge is 0.489 e. The zero-order valence-corrected chi connectivity index (χ0v) is 15.2. The highest BCUT2D eigenvalue weighted by molar-refractivity contribution is 6.09. The van der Waals surface area contributed by atoms with Crippen molar-refractivity contribution in [3.8, 4) is 11.8 Å². The molecule has 1 amide bonds. The Hall–Kier alpha value is -3.98. The van der Waals surface area contributed by atoms with Crippen molar-refractivity contribution in [1.82, 2.24) is 0 Å². The highest BCUT2D eigenvalue weighted by atomic mass is 19.1. The Morgan fingerprint density at radius 2 is 1.79 bits per heavy atom. The van der Waals surface area contributed by atoms with E-state index in [-0.39, 0.29) is 23.7 Å². The van der Waals surface area contributed by atoms with Crippen LogP contribution in [0.3, 0.4) is 0 Å². The number of halogens is 2. The van der Waals surface area contributed by atoms with Gasteiger partial charge in [-0.2, -0.15) is 5.26 Å². The number of nitriles is 1. The summed E-state index contributed by atoms with van der Waals surface area (Å²) in [6, 6.07) is 20.3. The van der Waals surface area contributed by atoms with Crippen LogP contribution in [-0.2, 0) is 11.4 Å². The molecule has 29 heavy (non-hydrogen) atoms. The Bertz CT molecular complexity index is 1090. The second kappa shape index (κ2) is 9.29. The number of amides is 1. The van der Waals surface area contributed by atoms with Crippen molar-refractivity contribution in [2.75, 3.05) is 5.32 Å². The zero-order chi connectivity index (χ0) is 20.6. The lowest BCUT2D eigenvalue weighted by Crippen LogP contribution is -2.14. The molecule has 144 valence electrons. The number of hydrogen-bond donors (Lipinski definition) is 1. The Morgan fingerprint density at radius 1 is 1.03 bits per heavy atom. The molecule has 0 aliphatic heterocycles. The van der Waals surface area contributed by atoms with Gasteiger partial charge in [0.1, 0.15) is 35.6 Å². The minimum atomic E-state index is -0.705. The molecule has 0 aliphatic carbocycles. The van der Waals surface area contributed by atoms with Gasteiger partial charge in [0.15, 0.2) is 0 Å². The molecule has 3 aromatic carbocycles. The summed E-state index contributed by atoms with van der Waals surface area (Å²) < 4.78 is 32.4. The molecule has 6 heteroatoms. The van der Waals surface area contributed by atoms with E-state index in [0.29, 0.717) is 16.9 Å². The molecule has 0 spiro atoms. The van der Waals surface area contributed by atoms with Crippen LogP contribution in [0, 0.1) is 23.0 Å². The molecule has 4 nitrogen and oxygen atoms in total. The highest BCUT2D eigenvalue weighted by Gasteiger charge is 2.11. The fourth-order valence-electron chi connectivity index (χ4n) is 2.52. The average Bonchev–Trinajstić information content (AvgIpc) is 2.73. The molecule has 0 bridgehead atoms. The van der Waals surface area contributed by atoms with Crippen LogP contribution >= 0.6 is 0 Å². The summed E-state index contributed by atoms with van der Waals surface area (Å²) in [4.78, 5) is 12.2.